The van der Waals surface area contributed by atoms with Gasteiger partial charge in [0.15, 0.2) is 0 Å². The van der Waals surface area contributed by atoms with Crippen molar-refractivity contribution < 1.29 is 4.42 Å². The molecule has 200 valence electrons. The van der Waals surface area contributed by atoms with E-state index >= 15 is 0 Å². The fourth-order valence-electron chi connectivity index (χ4n) is 6.35. The molecule has 0 radical (unpaired) electrons. The maximum Gasteiger partial charge on any atom is 0.136 e. The van der Waals surface area contributed by atoms with Gasteiger partial charge in [0.1, 0.15) is 11.2 Å². The molecule has 0 bridgehead atoms. The lowest BCUT2D eigenvalue weighted by atomic mass is 10.0. The normalized spacial score (nSPS) is 12.2. The van der Waals surface area contributed by atoms with Crippen LogP contribution in [0.5, 0.6) is 0 Å². The Morgan fingerprint density at radius 2 is 1.31 bits per heavy atom. The van der Waals surface area contributed by atoms with Gasteiger partial charge in [-0.3, -0.25) is 4.99 Å². The van der Waals surface area contributed by atoms with Crippen LogP contribution in [0, 0.1) is 0 Å². The van der Waals surface area contributed by atoms with Gasteiger partial charge in [-0.15, -0.1) is 0 Å². The van der Waals surface area contributed by atoms with Crippen LogP contribution < -0.4 is 0 Å². The van der Waals surface area contributed by atoms with Crippen molar-refractivity contribution in [3.8, 4) is 16.8 Å². The molecule has 0 unspecified atom stereocenters. The van der Waals surface area contributed by atoms with Gasteiger partial charge in [0.2, 0.25) is 0 Å². The standard InChI is InChI=1S/C38H27N3O/c1-3-32(41-33-18-10-7-15-27(33)28-16-8-11-19-34(28)41)38-37(39-2)31(24-40(38)26-13-5-4-6-14-26)25-21-22-30-29-17-9-12-20-35(29)42-36(30)23-25/h3-24H,2H2,1H3/b32-3+. The Morgan fingerprint density at radius 1 is 0.690 bits per heavy atom. The minimum absolute atomic E-state index is 0.823. The van der Waals surface area contributed by atoms with Crippen molar-refractivity contribution in [3.63, 3.8) is 0 Å². The van der Waals surface area contributed by atoms with E-state index in [0.717, 1.165) is 66.9 Å². The van der Waals surface area contributed by atoms with E-state index in [1.807, 2.05) is 24.3 Å². The highest BCUT2D eigenvalue weighted by molar-refractivity contribution is 6.11. The molecule has 0 spiro atoms. The second kappa shape index (κ2) is 9.50. The van der Waals surface area contributed by atoms with E-state index in [9.17, 15) is 0 Å². The monoisotopic (exact) mass is 541 g/mol. The van der Waals surface area contributed by atoms with Crippen LogP contribution in [0.1, 0.15) is 12.6 Å². The average molecular weight is 542 g/mol. The van der Waals surface area contributed by atoms with Gasteiger partial charge in [-0.05, 0) is 61.7 Å². The van der Waals surface area contributed by atoms with Crippen molar-refractivity contribution in [2.45, 2.75) is 6.92 Å². The lowest BCUT2D eigenvalue weighted by Gasteiger charge is -2.17. The molecule has 4 nitrogen and oxygen atoms in total. The number of aromatic nitrogens is 2. The highest BCUT2D eigenvalue weighted by Gasteiger charge is 2.24. The highest BCUT2D eigenvalue weighted by Crippen LogP contribution is 2.44. The number of fused-ring (bicyclic) bond motifs is 6. The predicted octanol–water partition coefficient (Wildman–Crippen LogP) is 10.4. The van der Waals surface area contributed by atoms with E-state index in [2.05, 4.69) is 132 Å². The Labute approximate surface area is 243 Å². The Kier molecular flexibility index (Phi) is 5.47. The summed E-state index contributed by atoms with van der Waals surface area (Å²) in [4.78, 5) is 4.70. The SMILES string of the molecule is C=Nc1c(-c2ccc3c(c2)oc2ccccc23)cn(-c2ccccc2)c1/C(=C\C)n1c2ccccc2c2ccccc21. The zero-order valence-electron chi connectivity index (χ0n) is 23.2. The third-order valence-corrected chi connectivity index (χ3v) is 8.20. The van der Waals surface area contributed by atoms with Crippen molar-refractivity contribution in [2.75, 3.05) is 0 Å². The van der Waals surface area contributed by atoms with E-state index in [1.165, 1.54) is 10.8 Å². The second-order valence-corrected chi connectivity index (χ2v) is 10.5. The van der Waals surface area contributed by atoms with Crippen LogP contribution in [0.2, 0.25) is 0 Å². The van der Waals surface area contributed by atoms with Gasteiger partial charge in [0.05, 0.1) is 28.1 Å². The van der Waals surface area contributed by atoms with Crippen molar-refractivity contribution in [1.29, 1.82) is 0 Å². The molecule has 0 aliphatic heterocycles. The number of hydrogen-bond donors (Lipinski definition) is 0. The maximum absolute atomic E-state index is 6.27. The zero-order valence-corrected chi connectivity index (χ0v) is 23.2. The molecule has 8 aromatic rings. The van der Waals surface area contributed by atoms with Gasteiger partial charge in [-0.2, -0.15) is 0 Å². The van der Waals surface area contributed by atoms with E-state index in [-0.39, 0.29) is 0 Å². The molecule has 0 amide bonds. The molecule has 3 heterocycles. The second-order valence-electron chi connectivity index (χ2n) is 10.5. The van der Waals surface area contributed by atoms with Crippen molar-refractivity contribution >= 4 is 61.8 Å². The summed E-state index contributed by atoms with van der Waals surface area (Å²) >= 11 is 0. The number of aliphatic imine (C=N–C) groups is 1. The number of furan rings is 1. The molecule has 8 rings (SSSR count). The smallest absolute Gasteiger partial charge is 0.136 e. The summed E-state index contributed by atoms with van der Waals surface area (Å²) in [5.74, 6) is 0. The first-order valence-electron chi connectivity index (χ1n) is 14.1. The lowest BCUT2D eigenvalue weighted by molar-refractivity contribution is 0.669. The van der Waals surface area contributed by atoms with Gasteiger partial charge < -0.3 is 13.6 Å². The Morgan fingerprint density at radius 3 is 2.00 bits per heavy atom. The maximum atomic E-state index is 6.27. The topological polar surface area (TPSA) is 35.4 Å². The number of hydrogen-bond acceptors (Lipinski definition) is 2. The van der Waals surface area contributed by atoms with E-state index in [4.69, 9.17) is 9.41 Å². The summed E-state index contributed by atoms with van der Waals surface area (Å²) < 4.78 is 10.8. The number of allylic oxidation sites excluding steroid dienone is 1. The Hall–Kier alpha value is -5.61. The first-order chi connectivity index (χ1) is 20.8. The van der Waals surface area contributed by atoms with Crippen LogP contribution in [-0.2, 0) is 0 Å². The summed E-state index contributed by atoms with van der Waals surface area (Å²) in [6, 6.07) is 42.2. The predicted molar refractivity (Wildman–Crippen MR) is 176 cm³/mol. The molecule has 0 atom stereocenters. The minimum Gasteiger partial charge on any atom is -0.456 e. The van der Waals surface area contributed by atoms with Crippen LogP contribution in [0.15, 0.2) is 143 Å². The van der Waals surface area contributed by atoms with Crippen molar-refractivity contribution in [1.82, 2.24) is 9.13 Å². The van der Waals surface area contributed by atoms with Gasteiger partial charge in [0.25, 0.3) is 0 Å². The fourth-order valence-corrected chi connectivity index (χ4v) is 6.35. The van der Waals surface area contributed by atoms with Crippen LogP contribution >= 0.6 is 0 Å². The van der Waals surface area contributed by atoms with Gasteiger partial charge in [-0.1, -0.05) is 84.9 Å². The molecule has 3 aromatic heterocycles. The van der Waals surface area contributed by atoms with E-state index in [1.54, 1.807) is 0 Å². The zero-order chi connectivity index (χ0) is 28.2. The summed E-state index contributed by atoms with van der Waals surface area (Å²) in [6.45, 7) is 6.17. The quantitative estimate of drug-likeness (QED) is 0.200. The molecule has 0 fully saturated rings. The number of benzene rings is 5. The molecular formula is C38H27N3O. The number of nitrogens with zero attached hydrogens (tertiary/aromatic N) is 3. The summed E-state index contributed by atoms with van der Waals surface area (Å²) in [5.41, 5.74) is 9.94. The van der Waals surface area contributed by atoms with E-state index in [0.29, 0.717) is 0 Å². The Bertz CT molecular complexity index is 2280. The first kappa shape index (κ1) is 24.2. The first-order valence-corrected chi connectivity index (χ1v) is 14.1. The molecule has 0 saturated carbocycles. The molecule has 0 N–H and O–H groups in total. The van der Waals surface area contributed by atoms with Crippen LogP contribution in [-0.4, -0.2) is 15.9 Å². The lowest BCUT2D eigenvalue weighted by Crippen LogP contribution is -2.05. The number of rotatable bonds is 5. The minimum atomic E-state index is 0.823. The van der Waals surface area contributed by atoms with Crippen LogP contribution in [0.25, 0.3) is 66.3 Å². The van der Waals surface area contributed by atoms with Crippen molar-refractivity contribution in [3.05, 3.63) is 139 Å². The molecule has 5 aromatic carbocycles. The van der Waals surface area contributed by atoms with Gasteiger partial charge >= 0.3 is 0 Å². The van der Waals surface area contributed by atoms with Gasteiger partial charge in [0, 0.05) is 39.0 Å². The molecular weight excluding hydrogens is 514 g/mol. The van der Waals surface area contributed by atoms with Crippen LogP contribution in [0.4, 0.5) is 5.69 Å². The third-order valence-electron chi connectivity index (χ3n) is 8.20. The Balaban J connectivity index is 1.43. The molecule has 0 saturated heterocycles. The molecule has 0 aliphatic carbocycles. The summed E-state index contributed by atoms with van der Waals surface area (Å²) in [6.07, 6.45) is 4.35. The highest BCUT2D eigenvalue weighted by atomic mass is 16.3. The van der Waals surface area contributed by atoms with Crippen molar-refractivity contribution in [2.24, 2.45) is 4.99 Å². The fraction of sp³-hybridized carbons (Fsp3) is 0.0263. The molecule has 0 aliphatic rings. The van der Waals surface area contributed by atoms with E-state index < -0.39 is 0 Å². The third kappa shape index (κ3) is 3.52. The summed E-state index contributed by atoms with van der Waals surface area (Å²) in [5, 5.41) is 4.65. The number of para-hydroxylation sites is 4. The van der Waals surface area contributed by atoms with Crippen LogP contribution in [0.3, 0.4) is 0 Å². The molecule has 4 heteroatoms. The largest absolute Gasteiger partial charge is 0.456 e. The average Bonchev–Trinajstić information content (AvgIpc) is 3.72. The summed E-state index contributed by atoms with van der Waals surface area (Å²) in [7, 11) is 0. The molecule has 42 heavy (non-hydrogen) atoms. The van der Waals surface area contributed by atoms with Gasteiger partial charge in [-0.25, -0.2) is 0 Å².